The van der Waals surface area contributed by atoms with E-state index in [2.05, 4.69) is 69.9 Å². The summed E-state index contributed by atoms with van der Waals surface area (Å²) in [5.74, 6) is 1.94. The van der Waals surface area contributed by atoms with Gasteiger partial charge in [-0.25, -0.2) is 14.8 Å². The molecule has 0 radical (unpaired) electrons. The van der Waals surface area contributed by atoms with Crippen molar-refractivity contribution in [3.05, 3.63) is 108 Å². The number of nitrogens with one attached hydrogen (secondary N) is 3. The number of methoxy groups -OCH3 is 1. The number of likely N-dealkylation sites (N-methyl/N-ethyl adjacent to an activating group) is 1. The van der Waals surface area contributed by atoms with Gasteiger partial charge < -0.3 is 29.8 Å². The minimum absolute atomic E-state index is 0.0730. The molecule has 6 atom stereocenters. The van der Waals surface area contributed by atoms with Crippen LogP contribution in [0.15, 0.2) is 91.1 Å². The summed E-state index contributed by atoms with van der Waals surface area (Å²) in [6.07, 6.45) is 8.24. The van der Waals surface area contributed by atoms with Crippen LogP contribution in [-0.4, -0.2) is 92.4 Å². The maximum absolute atomic E-state index is 14.3. The Morgan fingerprint density at radius 3 is 2.28 bits per heavy atom. The Morgan fingerprint density at radius 1 is 0.803 bits per heavy atom. The van der Waals surface area contributed by atoms with Crippen molar-refractivity contribution < 1.29 is 19.1 Å². The fraction of sp³-hybridized carbons (Fsp3) is 0.408. The number of H-pyrrole nitrogens is 2. The SMILES string of the molecule is COC(=O)N[C@H](C(=O)N1[C@H](c2ncc(-c3ccc4cc(-c5ccc6nc([C@@H]7CCCN7C(=O)[C@@H](c7ccccc7)N(C)C)[nH]c6c5)ccc4c3)[nH]2)C[C@@H]2CCCC[C@@H]21)C(C)C. The van der Waals surface area contributed by atoms with Gasteiger partial charge in [-0.15, -0.1) is 0 Å². The van der Waals surface area contributed by atoms with Crippen molar-refractivity contribution in [1.29, 1.82) is 0 Å². The number of carbonyl (C=O) groups is 3. The highest BCUT2D eigenvalue weighted by atomic mass is 16.5. The van der Waals surface area contributed by atoms with Crippen LogP contribution in [0.25, 0.3) is 44.2 Å². The second kappa shape index (κ2) is 16.8. The Kier molecular flexibility index (Phi) is 11.1. The molecule has 1 saturated carbocycles. The number of hydrogen-bond donors (Lipinski definition) is 3. The monoisotopic (exact) mass is 820 g/mol. The normalized spacial score (nSPS) is 21.3. The lowest BCUT2D eigenvalue weighted by molar-refractivity contribution is -0.139. The number of rotatable bonds is 10. The van der Waals surface area contributed by atoms with E-state index in [1.165, 1.54) is 13.5 Å². The number of carbonyl (C=O) groups excluding carboxylic acids is 3. The smallest absolute Gasteiger partial charge is 0.407 e. The fourth-order valence-electron chi connectivity index (χ4n) is 10.3. The summed E-state index contributed by atoms with van der Waals surface area (Å²) in [5.41, 5.74) is 6.93. The highest BCUT2D eigenvalue weighted by Crippen LogP contribution is 2.46. The second-order valence-electron chi connectivity index (χ2n) is 17.7. The van der Waals surface area contributed by atoms with E-state index >= 15 is 0 Å². The molecule has 12 heteroatoms. The molecule has 2 aromatic heterocycles. The van der Waals surface area contributed by atoms with E-state index < -0.39 is 12.1 Å². The van der Waals surface area contributed by atoms with Gasteiger partial charge >= 0.3 is 6.09 Å². The first-order chi connectivity index (χ1) is 29.6. The molecule has 316 valence electrons. The van der Waals surface area contributed by atoms with Crippen molar-refractivity contribution in [2.45, 2.75) is 89.0 Å². The summed E-state index contributed by atoms with van der Waals surface area (Å²) < 4.78 is 4.88. The van der Waals surface area contributed by atoms with Gasteiger partial charge in [0.2, 0.25) is 11.8 Å². The van der Waals surface area contributed by atoms with E-state index in [1.54, 1.807) is 0 Å². The van der Waals surface area contributed by atoms with Crippen LogP contribution in [0.5, 0.6) is 0 Å². The average molecular weight is 821 g/mol. The van der Waals surface area contributed by atoms with Crippen molar-refractivity contribution in [3.63, 3.8) is 0 Å². The molecule has 0 bridgehead atoms. The van der Waals surface area contributed by atoms with E-state index in [0.717, 1.165) is 99.9 Å². The Bertz CT molecular complexity index is 2560. The number of benzene rings is 4. The molecule has 3 N–H and O–H groups in total. The van der Waals surface area contributed by atoms with Crippen molar-refractivity contribution in [2.24, 2.45) is 11.8 Å². The minimum Gasteiger partial charge on any atom is -0.453 e. The predicted octanol–water partition coefficient (Wildman–Crippen LogP) is 8.95. The molecule has 2 saturated heterocycles. The summed E-state index contributed by atoms with van der Waals surface area (Å²) in [5, 5.41) is 5.04. The molecular formula is C49H56N8O4. The van der Waals surface area contributed by atoms with Gasteiger partial charge in [0.15, 0.2) is 0 Å². The van der Waals surface area contributed by atoms with Crippen LogP contribution in [0.3, 0.4) is 0 Å². The lowest BCUT2D eigenvalue weighted by atomic mass is 9.84. The summed E-state index contributed by atoms with van der Waals surface area (Å²) in [7, 11) is 5.24. The third-order valence-corrected chi connectivity index (χ3v) is 13.3. The third-order valence-electron chi connectivity index (χ3n) is 13.3. The van der Waals surface area contributed by atoms with E-state index in [1.807, 2.05) is 79.2 Å². The highest BCUT2D eigenvalue weighted by Gasteiger charge is 2.48. The number of nitrogens with zero attached hydrogens (tertiary/aromatic N) is 5. The van der Waals surface area contributed by atoms with Crippen LogP contribution in [0.4, 0.5) is 4.79 Å². The van der Waals surface area contributed by atoms with Gasteiger partial charge in [-0.05, 0) is 110 Å². The molecule has 61 heavy (non-hydrogen) atoms. The molecule has 6 aromatic rings. The van der Waals surface area contributed by atoms with Crippen molar-refractivity contribution in [3.8, 4) is 22.4 Å². The van der Waals surface area contributed by atoms with Crippen molar-refractivity contribution in [1.82, 2.24) is 40.0 Å². The zero-order valence-corrected chi connectivity index (χ0v) is 35.7. The Morgan fingerprint density at radius 2 is 1.52 bits per heavy atom. The maximum Gasteiger partial charge on any atom is 0.407 e. The van der Waals surface area contributed by atoms with E-state index in [4.69, 9.17) is 14.7 Å². The zero-order chi connectivity index (χ0) is 42.4. The molecule has 12 nitrogen and oxygen atoms in total. The second-order valence-corrected chi connectivity index (χ2v) is 17.7. The number of ether oxygens (including phenoxy) is 1. The van der Waals surface area contributed by atoms with Crippen LogP contribution in [0.1, 0.15) is 94.1 Å². The van der Waals surface area contributed by atoms with Gasteiger partial charge in [-0.2, -0.15) is 0 Å². The lowest BCUT2D eigenvalue weighted by Crippen LogP contribution is -2.53. The number of alkyl carbamates (subject to hydrolysis) is 1. The lowest BCUT2D eigenvalue weighted by Gasteiger charge is -2.36. The summed E-state index contributed by atoms with van der Waals surface area (Å²) >= 11 is 0. The summed E-state index contributed by atoms with van der Waals surface area (Å²) in [6.45, 7) is 4.61. The Balaban J connectivity index is 0.937. The van der Waals surface area contributed by atoms with Crippen LogP contribution in [0, 0.1) is 11.8 Å². The molecule has 4 heterocycles. The standard InChI is InChI=1S/C49H56N8O4/c1-29(2)43(54-49(60)61-5)47(58)57-40-15-10-9-14-36(40)27-42(57)45-50-28-39(53-45)35-20-19-31-24-32(17-18-33(31)25-35)34-21-22-37-38(26-34)52-46(51-37)41-16-11-23-56(41)48(59)44(55(3)4)30-12-7-6-8-13-30/h6-8,12-13,17-22,24-26,28-29,36,40-44H,9-11,14-16,23,27H2,1-5H3,(H,50,53)(H,51,52)(H,54,60)/t36-,40-,41-,42-,43-,44+/m0/s1. The molecular weight excluding hydrogens is 765 g/mol. The molecule has 3 amide bonds. The average Bonchev–Trinajstić information content (AvgIpc) is 4.10. The zero-order valence-electron chi connectivity index (χ0n) is 35.7. The summed E-state index contributed by atoms with van der Waals surface area (Å²) in [6, 6.07) is 28.1. The Hall–Kier alpha value is -6.01. The predicted molar refractivity (Wildman–Crippen MR) is 237 cm³/mol. The maximum atomic E-state index is 14.3. The quantitative estimate of drug-likeness (QED) is 0.125. The van der Waals surface area contributed by atoms with E-state index in [9.17, 15) is 14.4 Å². The highest BCUT2D eigenvalue weighted by molar-refractivity contribution is 5.92. The van der Waals surface area contributed by atoms with Crippen molar-refractivity contribution in [2.75, 3.05) is 27.7 Å². The molecule has 1 aliphatic carbocycles. The number of imidazole rings is 2. The van der Waals surface area contributed by atoms with Gasteiger partial charge in [0.25, 0.3) is 0 Å². The van der Waals surface area contributed by atoms with Gasteiger partial charge in [-0.1, -0.05) is 87.4 Å². The molecule has 9 rings (SSSR count). The molecule has 0 spiro atoms. The Labute approximate surface area is 357 Å². The van der Waals surface area contributed by atoms with Gasteiger partial charge in [0, 0.05) is 18.2 Å². The topological polar surface area (TPSA) is 140 Å². The first-order valence-electron chi connectivity index (χ1n) is 21.9. The fourth-order valence-corrected chi connectivity index (χ4v) is 10.3. The summed E-state index contributed by atoms with van der Waals surface area (Å²) in [4.78, 5) is 63.7. The van der Waals surface area contributed by atoms with E-state index in [-0.39, 0.29) is 41.9 Å². The molecule has 3 fully saturated rings. The van der Waals surface area contributed by atoms with Crippen LogP contribution in [-0.2, 0) is 14.3 Å². The molecule has 2 aliphatic heterocycles. The van der Waals surface area contributed by atoms with Crippen molar-refractivity contribution >= 4 is 39.7 Å². The number of aromatic nitrogens is 4. The first-order valence-corrected chi connectivity index (χ1v) is 21.9. The van der Waals surface area contributed by atoms with Gasteiger partial charge in [0.05, 0.1) is 42.1 Å². The number of amides is 3. The van der Waals surface area contributed by atoms with Crippen LogP contribution >= 0.6 is 0 Å². The first kappa shape index (κ1) is 40.4. The molecule has 3 aliphatic rings. The van der Waals surface area contributed by atoms with Gasteiger partial charge in [0.1, 0.15) is 23.7 Å². The number of fused-ring (bicyclic) bond motifs is 3. The molecule has 4 aromatic carbocycles. The largest absolute Gasteiger partial charge is 0.453 e. The van der Waals surface area contributed by atoms with Gasteiger partial charge in [-0.3, -0.25) is 14.5 Å². The molecule has 0 unspecified atom stereocenters. The minimum atomic E-state index is -0.684. The van der Waals surface area contributed by atoms with Crippen LogP contribution < -0.4 is 5.32 Å². The third kappa shape index (κ3) is 7.78. The van der Waals surface area contributed by atoms with E-state index in [0.29, 0.717) is 12.5 Å². The van der Waals surface area contributed by atoms with Crippen LogP contribution in [0.2, 0.25) is 0 Å². The number of aromatic amines is 2. The number of likely N-dealkylation sites (tertiary alicyclic amines) is 2. The number of hydrogen-bond acceptors (Lipinski definition) is 7.